The molecule has 0 spiro atoms. The average molecular weight is 263 g/mol. The summed E-state index contributed by atoms with van der Waals surface area (Å²) in [4.78, 5) is 2.13. The molecule has 0 unspecified atom stereocenters. The highest BCUT2D eigenvalue weighted by atomic mass is 16.4. The van der Waals surface area contributed by atoms with Gasteiger partial charge in [-0.15, -0.1) is 10.2 Å². The van der Waals surface area contributed by atoms with Crippen LogP contribution < -0.4 is 0 Å². The third kappa shape index (κ3) is 2.85. The number of aliphatic hydroxyl groups excluding tert-OH is 1. The fraction of sp³-hybridized carbons (Fsp3) is 0.538. The molecule has 6 heteroatoms. The summed E-state index contributed by atoms with van der Waals surface area (Å²) in [6.45, 7) is 1.55. The Balaban J connectivity index is 1.55. The maximum absolute atomic E-state index is 9.26. The van der Waals surface area contributed by atoms with Crippen molar-refractivity contribution in [1.82, 2.24) is 15.1 Å². The molecule has 3 rings (SSSR count). The van der Waals surface area contributed by atoms with Crippen LogP contribution in [0.4, 0.5) is 0 Å². The van der Waals surface area contributed by atoms with Gasteiger partial charge in [0.25, 0.3) is 5.89 Å². The predicted molar refractivity (Wildman–Crippen MR) is 67.1 cm³/mol. The second-order valence-electron chi connectivity index (χ2n) is 5.17. The van der Waals surface area contributed by atoms with Crippen molar-refractivity contribution in [2.24, 2.45) is 5.92 Å². The first-order valence-electron chi connectivity index (χ1n) is 6.43. The van der Waals surface area contributed by atoms with Gasteiger partial charge >= 0.3 is 0 Å². The van der Waals surface area contributed by atoms with Gasteiger partial charge < -0.3 is 13.9 Å². The van der Waals surface area contributed by atoms with Gasteiger partial charge in [0.15, 0.2) is 5.76 Å². The lowest BCUT2D eigenvalue weighted by Gasteiger charge is -2.34. The van der Waals surface area contributed by atoms with Crippen LogP contribution in [-0.4, -0.2) is 39.9 Å². The molecule has 6 nitrogen and oxygen atoms in total. The van der Waals surface area contributed by atoms with Gasteiger partial charge in [-0.1, -0.05) is 0 Å². The van der Waals surface area contributed by atoms with E-state index >= 15 is 0 Å². The Labute approximate surface area is 111 Å². The molecule has 2 aromatic heterocycles. The quantitative estimate of drug-likeness (QED) is 0.881. The maximum Gasteiger partial charge on any atom is 0.283 e. The van der Waals surface area contributed by atoms with Crippen LogP contribution in [-0.2, 0) is 6.54 Å². The molecule has 102 valence electrons. The number of rotatable bonds is 5. The van der Waals surface area contributed by atoms with E-state index in [1.807, 2.05) is 7.05 Å². The molecular formula is C13H17N3O3. The molecule has 1 aliphatic rings. The largest absolute Gasteiger partial charge is 0.459 e. The summed E-state index contributed by atoms with van der Waals surface area (Å²) in [6.07, 6.45) is 3.26. The third-order valence-corrected chi connectivity index (χ3v) is 3.38. The topological polar surface area (TPSA) is 75.5 Å². The normalized spacial score (nSPS) is 22.7. The molecule has 1 aliphatic carbocycles. The second kappa shape index (κ2) is 5.14. The third-order valence-electron chi connectivity index (χ3n) is 3.38. The molecule has 2 aromatic rings. The lowest BCUT2D eigenvalue weighted by Crippen LogP contribution is -2.36. The van der Waals surface area contributed by atoms with Crippen molar-refractivity contribution >= 4 is 0 Å². The summed E-state index contributed by atoms with van der Waals surface area (Å²) < 4.78 is 10.7. The number of furan rings is 1. The Bertz CT molecular complexity index is 517. The van der Waals surface area contributed by atoms with E-state index in [1.54, 1.807) is 18.4 Å². The molecule has 0 aromatic carbocycles. The molecule has 0 aliphatic heterocycles. The average Bonchev–Trinajstić information content (AvgIpc) is 2.96. The van der Waals surface area contributed by atoms with Gasteiger partial charge in [0, 0.05) is 6.54 Å². The van der Waals surface area contributed by atoms with Crippen molar-refractivity contribution < 1.29 is 13.9 Å². The summed E-state index contributed by atoms with van der Waals surface area (Å²) in [5.41, 5.74) is 0. The van der Waals surface area contributed by atoms with Crippen LogP contribution in [0.25, 0.3) is 11.7 Å². The minimum atomic E-state index is -0.104. The lowest BCUT2D eigenvalue weighted by atomic mass is 9.82. The smallest absolute Gasteiger partial charge is 0.283 e. The maximum atomic E-state index is 9.26. The van der Waals surface area contributed by atoms with Crippen molar-refractivity contribution in [2.75, 3.05) is 13.6 Å². The second-order valence-corrected chi connectivity index (χ2v) is 5.17. The highest BCUT2D eigenvalue weighted by Crippen LogP contribution is 2.28. The fourth-order valence-electron chi connectivity index (χ4n) is 2.40. The molecule has 0 amide bonds. The zero-order chi connectivity index (χ0) is 13.2. The van der Waals surface area contributed by atoms with E-state index in [0.29, 0.717) is 30.0 Å². The van der Waals surface area contributed by atoms with Crippen molar-refractivity contribution in [2.45, 2.75) is 25.5 Å². The molecule has 0 bridgehead atoms. The van der Waals surface area contributed by atoms with E-state index in [4.69, 9.17) is 8.83 Å². The monoisotopic (exact) mass is 263 g/mol. The van der Waals surface area contributed by atoms with Crippen LogP contribution >= 0.6 is 0 Å². The van der Waals surface area contributed by atoms with Gasteiger partial charge in [0.05, 0.1) is 18.9 Å². The Hall–Kier alpha value is -1.66. The van der Waals surface area contributed by atoms with Crippen molar-refractivity contribution in [3.8, 4) is 11.7 Å². The minimum Gasteiger partial charge on any atom is -0.459 e. The van der Waals surface area contributed by atoms with Crippen molar-refractivity contribution in [1.29, 1.82) is 0 Å². The molecule has 1 fully saturated rings. The van der Waals surface area contributed by atoms with E-state index in [9.17, 15) is 5.11 Å². The van der Waals surface area contributed by atoms with Gasteiger partial charge in [-0.05, 0) is 37.9 Å². The number of aliphatic hydroxyl groups is 1. The van der Waals surface area contributed by atoms with Gasteiger partial charge in [-0.2, -0.15) is 0 Å². The fourth-order valence-corrected chi connectivity index (χ4v) is 2.40. The summed E-state index contributed by atoms with van der Waals surface area (Å²) in [6, 6.07) is 3.57. The van der Waals surface area contributed by atoms with E-state index in [0.717, 1.165) is 19.4 Å². The Morgan fingerprint density at radius 1 is 1.42 bits per heavy atom. The van der Waals surface area contributed by atoms with Gasteiger partial charge in [0.1, 0.15) is 0 Å². The summed E-state index contributed by atoms with van der Waals surface area (Å²) in [7, 11) is 2.02. The summed E-state index contributed by atoms with van der Waals surface area (Å²) in [5.74, 6) is 2.15. The Morgan fingerprint density at radius 3 is 2.95 bits per heavy atom. The number of nitrogens with zero attached hydrogens (tertiary/aromatic N) is 3. The van der Waals surface area contributed by atoms with Crippen molar-refractivity contribution in [3.05, 3.63) is 24.3 Å². The van der Waals surface area contributed by atoms with Gasteiger partial charge in [-0.25, -0.2) is 0 Å². The first kappa shape index (κ1) is 12.4. The molecular weight excluding hydrogens is 246 g/mol. The zero-order valence-electron chi connectivity index (χ0n) is 10.8. The molecule has 0 atom stereocenters. The van der Waals surface area contributed by atoms with Crippen LogP contribution in [0.2, 0.25) is 0 Å². The highest BCUT2D eigenvalue weighted by molar-refractivity contribution is 5.42. The zero-order valence-corrected chi connectivity index (χ0v) is 10.8. The lowest BCUT2D eigenvalue weighted by molar-refractivity contribution is 0.0264. The highest BCUT2D eigenvalue weighted by Gasteiger charge is 2.28. The minimum absolute atomic E-state index is 0.104. The standard InChI is InChI=1S/C13H17N3O3/c1-16(7-9-5-10(17)6-9)8-12-14-15-13(19-12)11-3-2-4-18-11/h2-4,9-10,17H,5-8H2,1H3. The molecule has 0 radical (unpaired) electrons. The summed E-state index contributed by atoms with van der Waals surface area (Å²) >= 11 is 0. The van der Waals surface area contributed by atoms with E-state index < -0.39 is 0 Å². The number of aromatic nitrogens is 2. The molecule has 0 saturated heterocycles. The summed E-state index contributed by atoms with van der Waals surface area (Å²) in [5, 5.41) is 17.2. The van der Waals surface area contributed by atoms with Crippen LogP contribution in [0.5, 0.6) is 0 Å². The SMILES string of the molecule is CN(Cc1nnc(-c2ccco2)o1)CC1CC(O)C1. The van der Waals surface area contributed by atoms with Crippen LogP contribution in [0.3, 0.4) is 0 Å². The predicted octanol–water partition coefficient (Wildman–Crippen LogP) is 1.53. The van der Waals surface area contributed by atoms with Crippen LogP contribution in [0, 0.1) is 5.92 Å². The van der Waals surface area contributed by atoms with Gasteiger partial charge in [-0.3, -0.25) is 4.90 Å². The number of hydrogen-bond donors (Lipinski definition) is 1. The Kier molecular flexibility index (Phi) is 3.35. The first-order valence-corrected chi connectivity index (χ1v) is 6.43. The van der Waals surface area contributed by atoms with E-state index in [1.165, 1.54) is 0 Å². The molecule has 19 heavy (non-hydrogen) atoms. The van der Waals surface area contributed by atoms with E-state index in [2.05, 4.69) is 15.1 Å². The molecule has 2 heterocycles. The van der Waals surface area contributed by atoms with Crippen LogP contribution in [0.15, 0.2) is 27.2 Å². The van der Waals surface area contributed by atoms with Crippen molar-refractivity contribution in [3.63, 3.8) is 0 Å². The van der Waals surface area contributed by atoms with Crippen LogP contribution in [0.1, 0.15) is 18.7 Å². The van der Waals surface area contributed by atoms with E-state index in [-0.39, 0.29) is 6.10 Å². The van der Waals surface area contributed by atoms with Gasteiger partial charge in [0.2, 0.25) is 5.89 Å². The first-order chi connectivity index (χ1) is 9.20. The Morgan fingerprint density at radius 2 is 2.26 bits per heavy atom. The number of hydrogen-bond acceptors (Lipinski definition) is 6. The molecule has 1 saturated carbocycles. The molecule has 1 N–H and O–H groups in total.